The Balaban J connectivity index is 1.22. The molecule has 3 amide bonds. The first-order valence-corrected chi connectivity index (χ1v) is 11.2. The summed E-state index contributed by atoms with van der Waals surface area (Å²) in [4.78, 5) is 40.5. The van der Waals surface area contributed by atoms with Crippen molar-refractivity contribution < 1.29 is 18.8 Å². The molecule has 7 heteroatoms. The predicted octanol–water partition coefficient (Wildman–Crippen LogP) is 2.97. The Hall–Kier alpha value is -3.06. The summed E-state index contributed by atoms with van der Waals surface area (Å²) in [5.74, 6) is -0.557. The highest BCUT2D eigenvalue weighted by molar-refractivity contribution is 6.05. The Morgan fingerprint density at radius 3 is 2.44 bits per heavy atom. The molecule has 2 saturated heterocycles. The summed E-state index contributed by atoms with van der Waals surface area (Å²) in [6, 6.07) is 12.2. The van der Waals surface area contributed by atoms with Crippen LogP contribution in [-0.2, 0) is 22.7 Å². The normalized spacial score (nSPS) is 22.2. The quantitative estimate of drug-likeness (QED) is 0.750. The van der Waals surface area contributed by atoms with Crippen LogP contribution in [0.3, 0.4) is 0 Å². The average molecular weight is 435 g/mol. The Kier molecular flexibility index (Phi) is 5.51. The first kappa shape index (κ1) is 20.8. The molecule has 3 aliphatic heterocycles. The van der Waals surface area contributed by atoms with Gasteiger partial charge in [0, 0.05) is 25.1 Å². The van der Waals surface area contributed by atoms with Gasteiger partial charge >= 0.3 is 0 Å². The van der Waals surface area contributed by atoms with Crippen molar-refractivity contribution in [3.8, 4) is 0 Å². The highest BCUT2D eigenvalue weighted by Crippen LogP contribution is 2.33. The fourth-order valence-corrected chi connectivity index (χ4v) is 5.12. The third-order valence-corrected chi connectivity index (χ3v) is 6.93. The van der Waals surface area contributed by atoms with Gasteiger partial charge in [-0.3, -0.25) is 24.6 Å². The van der Waals surface area contributed by atoms with E-state index in [-0.39, 0.29) is 30.0 Å². The molecule has 0 radical (unpaired) electrons. The first-order chi connectivity index (χ1) is 15.5. The standard InChI is InChI=1S/C25H26FN3O3/c26-20-4-1-16(2-5-20)14-28-11-9-17(10-12-28)18-3-6-21-19(13-18)15-29(25(21)32)22-7-8-23(30)27-24(22)31/h1-6,13,17,22H,7-12,14-15H2,(H,27,30,31). The lowest BCUT2D eigenvalue weighted by atomic mass is 9.87. The molecule has 0 bridgehead atoms. The monoisotopic (exact) mass is 435 g/mol. The van der Waals surface area contributed by atoms with Crippen LogP contribution in [0, 0.1) is 5.82 Å². The number of nitrogens with zero attached hydrogens (tertiary/aromatic N) is 2. The number of likely N-dealkylation sites (tertiary alicyclic amines) is 1. The maximum atomic E-state index is 13.1. The first-order valence-electron chi connectivity index (χ1n) is 11.2. The van der Waals surface area contributed by atoms with Crippen LogP contribution in [0.5, 0.6) is 0 Å². The zero-order valence-electron chi connectivity index (χ0n) is 17.9. The van der Waals surface area contributed by atoms with E-state index in [2.05, 4.69) is 16.3 Å². The SMILES string of the molecule is O=C1CCC(N2Cc3cc(C4CCN(Cc5ccc(F)cc5)CC4)ccc3C2=O)C(=O)N1. The van der Waals surface area contributed by atoms with Crippen LogP contribution in [-0.4, -0.2) is 46.7 Å². The summed E-state index contributed by atoms with van der Waals surface area (Å²) in [5.41, 5.74) is 3.98. The summed E-state index contributed by atoms with van der Waals surface area (Å²) in [6.45, 7) is 3.19. The van der Waals surface area contributed by atoms with Gasteiger partial charge in [0.25, 0.3) is 5.91 Å². The number of benzene rings is 2. The van der Waals surface area contributed by atoms with Gasteiger partial charge in [-0.15, -0.1) is 0 Å². The number of imide groups is 1. The number of hydrogen-bond acceptors (Lipinski definition) is 4. The van der Waals surface area contributed by atoms with E-state index in [0.717, 1.165) is 43.6 Å². The molecule has 2 aromatic rings. The molecule has 0 saturated carbocycles. The van der Waals surface area contributed by atoms with Crippen molar-refractivity contribution in [2.45, 2.75) is 50.7 Å². The average Bonchev–Trinajstić information content (AvgIpc) is 3.11. The van der Waals surface area contributed by atoms with Gasteiger partial charge in [0.2, 0.25) is 11.8 Å². The highest BCUT2D eigenvalue weighted by atomic mass is 19.1. The fourth-order valence-electron chi connectivity index (χ4n) is 5.12. The van der Waals surface area contributed by atoms with E-state index in [9.17, 15) is 18.8 Å². The van der Waals surface area contributed by atoms with E-state index < -0.39 is 6.04 Å². The van der Waals surface area contributed by atoms with Crippen LogP contribution in [0.4, 0.5) is 4.39 Å². The van der Waals surface area contributed by atoms with Crippen molar-refractivity contribution >= 4 is 17.7 Å². The molecule has 32 heavy (non-hydrogen) atoms. The molecule has 3 aliphatic rings. The van der Waals surface area contributed by atoms with E-state index in [1.807, 2.05) is 24.3 Å². The Morgan fingerprint density at radius 2 is 1.72 bits per heavy atom. The zero-order valence-corrected chi connectivity index (χ0v) is 17.9. The molecule has 0 aromatic heterocycles. The maximum absolute atomic E-state index is 13.1. The van der Waals surface area contributed by atoms with Crippen molar-refractivity contribution in [1.29, 1.82) is 0 Å². The molecule has 166 valence electrons. The van der Waals surface area contributed by atoms with E-state index in [1.54, 1.807) is 4.90 Å². The summed E-state index contributed by atoms with van der Waals surface area (Å²) >= 11 is 0. The lowest BCUT2D eigenvalue weighted by Crippen LogP contribution is -2.52. The lowest BCUT2D eigenvalue weighted by Gasteiger charge is -2.32. The number of fused-ring (bicyclic) bond motifs is 1. The lowest BCUT2D eigenvalue weighted by molar-refractivity contribution is -0.136. The third kappa shape index (κ3) is 4.05. The topological polar surface area (TPSA) is 69.7 Å². The minimum absolute atomic E-state index is 0.129. The molecule has 2 fully saturated rings. The van der Waals surface area contributed by atoms with Gasteiger partial charge in [-0.2, -0.15) is 0 Å². The van der Waals surface area contributed by atoms with Crippen LogP contribution >= 0.6 is 0 Å². The summed E-state index contributed by atoms with van der Waals surface area (Å²) < 4.78 is 13.1. The number of nitrogens with one attached hydrogen (secondary N) is 1. The number of hydrogen-bond donors (Lipinski definition) is 1. The van der Waals surface area contributed by atoms with Crippen molar-refractivity contribution in [2.24, 2.45) is 0 Å². The number of rotatable bonds is 4. The molecule has 6 nitrogen and oxygen atoms in total. The Morgan fingerprint density at radius 1 is 0.969 bits per heavy atom. The molecule has 1 N–H and O–H groups in total. The number of halogens is 1. The smallest absolute Gasteiger partial charge is 0.255 e. The largest absolute Gasteiger partial charge is 0.322 e. The van der Waals surface area contributed by atoms with Crippen LogP contribution in [0.15, 0.2) is 42.5 Å². The molecule has 0 spiro atoms. The van der Waals surface area contributed by atoms with Crippen molar-refractivity contribution in [3.63, 3.8) is 0 Å². The Bertz CT molecular complexity index is 1060. The molecular weight excluding hydrogens is 409 g/mol. The van der Waals surface area contributed by atoms with E-state index >= 15 is 0 Å². The number of carbonyl (C=O) groups is 3. The van der Waals surface area contributed by atoms with Gasteiger partial charge in [0.15, 0.2) is 0 Å². The number of amides is 3. The van der Waals surface area contributed by atoms with Gasteiger partial charge in [-0.25, -0.2) is 4.39 Å². The molecule has 3 heterocycles. The second-order valence-electron chi connectivity index (χ2n) is 8.99. The highest BCUT2D eigenvalue weighted by Gasteiger charge is 2.39. The minimum atomic E-state index is -0.578. The van der Waals surface area contributed by atoms with Gasteiger partial charge in [0.05, 0.1) is 0 Å². The summed E-state index contributed by atoms with van der Waals surface area (Å²) in [6.07, 6.45) is 2.71. The zero-order chi connectivity index (χ0) is 22.2. The van der Waals surface area contributed by atoms with E-state index in [4.69, 9.17) is 0 Å². The van der Waals surface area contributed by atoms with Gasteiger partial charge in [0.1, 0.15) is 11.9 Å². The van der Waals surface area contributed by atoms with E-state index in [0.29, 0.717) is 24.4 Å². The number of piperidine rings is 2. The molecule has 1 atom stereocenters. The molecule has 0 aliphatic carbocycles. The van der Waals surface area contributed by atoms with E-state index in [1.165, 1.54) is 17.7 Å². The van der Waals surface area contributed by atoms with Crippen LogP contribution in [0.25, 0.3) is 0 Å². The number of carbonyl (C=O) groups excluding carboxylic acids is 3. The van der Waals surface area contributed by atoms with Crippen LogP contribution < -0.4 is 5.32 Å². The van der Waals surface area contributed by atoms with Crippen LogP contribution in [0.1, 0.15) is 58.6 Å². The van der Waals surface area contributed by atoms with Crippen LogP contribution in [0.2, 0.25) is 0 Å². The maximum Gasteiger partial charge on any atom is 0.255 e. The van der Waals surface area contributed by atoms with Gasteiger partial charge < -0.3 is 4.90 Å². The third-order valence-electron chi connectivity index (χ3n) is 6.93. The molecule has 2 aromatic carbocycles. The van der Waals surface area contributed by atoms with Crippen molar-refractivity contribution in [3.05, 3.63) is 70.5 Å². The summed E-state index contributed by atoms with van der Waals surface area (Å²) in [7, 11) is 0. The second-order valence-corrected chi connectivity index (χ2v) is 8.99. The fraction of sp³-hybridized carbons (Fsp3) is 0.400. The van der Waals surface area contributed by atoms with Crippen molar-refractivity contribution in [1.82, 2.24) is 15.1 Å². The van der Waals surface area contributed by atoms with Gasteiger partial charge in [-0.05, 0) is 73.2 Å². The minimum Gasteiger partial charge on any atom is -0.322 e. The summed E-state index contributed by atoms with van der Waals surface area (Å²) in [5, 5.41) is 2.35. The Labute approximate surface area is 186 Å². The van der Waals surface area contributed by atoms with Crippen molar-refractivity contribution in [2.75, 3.05) is 13.1 Å². The molecule has 5 rings (SSSR count). The van der Waals surface area contributed by atoms with Gasteiger partial charge in [-0.1, -0.05) is 24.3 Å². The molecular formula is C25H26FN3O3. The molecule has 1 unspecified atom stereocenters. The second kappa shape index (κ2) is 8.47. The predicted molar refractivity (Wildman–Crippen MR) is 116 cm³/mol.